The van der Waals surface area contributed by atoms with Crippen molar-refractivity contribution < 1.29 is 23.5 Å². The summed E-state index contributed by atoms with van der Waals surface area (Å²) in [5.41, 5.74) is 1.65. The van der Waals surface area contributed by atoms with Crippen LogP contribution in [0, 0.1) is 0 Å². The highest BCUT2D eigenvalue weighted by Crippen LogP contribution is 2.26. The summed E-state index contributed by atoms with van der Waals surface area (Å²) in [6, 6.07) is 12.6. The lowest BCUT2D eigenvalue weighted by Gasteiger charge is -2.22. The number of methoxy groups -OCH3 is 2. The zero-order chi connectivity index (χ0) is 19.2. The maximum atomic E-state index is 13.2. The zero-order valence-electron chi connectivity index (χ0n) is 15.2. The molecule has 2 aromatic heterocycles. The molecule has 27 heavy (non-hydrogen) atoms. The fourth-order valence-corrected chi connectivity index (χ4v) is 2.75. The fourth-order valence-electron chi connectivity index (χ4n) is 2.75. The van der Waals surface area contributed by atoms with Crippen molar-refractivity contribution in [2.75, 3.05) is 33.9 Å². The van der Waals surface area contributed by atoms with Gasteiger partial charge in [-0.3, -0.25) is 9.59 Å². The van der Waals surface area contributed by atoms with E-state index in [1.165, 1.54) is 19.1 Å². The Morgan fingerprint density at radius 3 is 2.67 bits per heavy atom. The van der Waals surface area contributed by atoms with Crippen molar-refractivity contribution >= 4 is 22.8 Å². The molecule has 0 N–H and O–H groups in total. The number of benzene rings is 1. The summed E-state index contributed by atoms with van der Waals surface area (Å²) >= 11 is 0. The molecule has 7 heteroatoms. The van der Waals surface area contributed by atoms with E-state index in [2.05, 4.69) is 4.98 Å². The van der Waals surface area contributed by atoms with Crippen molar-refractivity contribution in [1.82, 2.24) is 9.88 Å². The number of carbonyl (C=O) groups excluding carboxylic acids is 2. The van der Waals surface area contributed by atoms with Crippen molar-refractivity contribution in [2.24, 2.45) is 0 Å². The monoisotopic (exact) mass is 368 g/mol. The van der Waals surface area contributed by atoms with Gasteiger partial charge in [-0.25, -0.2) is 4.98 Å². The highest BCUT2D eigenvalue weighted by atomic mass is 16.5. The van der Waals surface area contributed by atoms with Crippen LogP contribution in [-0.4, -0.2) is 55.7 Å². The molecule has 0 unspecified atom stereocenters. The number of para-hydroxylation sites is 1. The maximum absolute atomic E-state index is 13.2. The van der Waals surface area contributed by atoms with E-state index < -0.39 is 5.97 Å². The Morgan fingerprint density at radius 1 is 1.15 bits per heavy atom. The Kier molecular flexibility index (Phi) is 5.83. The van der Waals surface area contributed by atoms with E-state index in [1.807, 2.05) is 24.3 Å². The zero-order valence-corrected chi connectivity index (χ0v) is 15.2. The molecule has 2 heterocycles. The number of esters is 1. The second-order valence-corrected chi connectivity index (χ2v) is 5.85. The molecular formula is C20H20N2O5. The topological polar surface area (TPSA) is 81.9 Å². The van der Waals surface area contributed by atoms with Gasteiger partial charge in [0.15, 0.2) is 5.76 Å². The van der Waals surface area contributed by atoms with Crippen LogP contribution in [0.2, 0.25) is 0 Å². The van der Waals surface area contributed by atoms with Crippen molar-refractivity contribution in [3.8, 4) is 11.5 Å². The quantitative estimate of drug-likeness (QED) is 0.597. The molecule has 7 nitrogen and oxygen atoms in total. The summed E-state index contributed by atoms with van der Waals surface area (Å²) in [5, 5.41) is 0.699. The van der Waals surface area contributed by atoms with Gasteiger partial charge in [0.2, 0.25) is 0 Å². The molecule has 0 fully saturated rings. The van der Waals surface area contributed by atoms with Crippen molar-refractivity contribution in [3.63, 3.8) is 0 Å². The van der Waals surface area contributed by atoms with E-state index in [9.17, 15) is 9.59 Å². The molecule has 0 saturated carbocycles. The number of ether oxygens (including phenoxy) is 2. The fraction of sp³-hybridized carbons (Fsp3) is 0.250. The predicted molar refractivity (Wildman–Crippen MR) is 99.2 cm³/mol. The summed E-state index contributed by atoms with van der Waals surface area (Å²) in [5.74, 6) is -0.237. The number of aromatic nitrogens is 1. The summed E-state index contributed by atoms with van der Waals surface area (Å²) in [6.07, 6.45) is 1.55. The van der Waals surface area contributed by atoms with Gasteiger partial charge in [-0.1, -0.05) is 18.2 Å². The first-order valence-electron chi connectivity index (χ1n) is 8.42. The normalized spacial score (nSPS) is 10.7. The number of hydrogen-bond acceptors (Lipinski definition) is 6. The van der Waals surface area contributed by atoms with Gasteiger partial charge >= 0.3 is 5.97 Å². The smallest absolute Gasteiger partial charge is 0.325 e. The van der Waals surface area contributed by atoms with E-state index in [4.69, 9.17) is 13.9 Å². The summed E-state index contributed by atoms with van der Waals surface area (Å²) in [6.45, 7) is 0.402. The summed E-state index contributed by atoms with van der Waals surface area (Å²) in [7, 11) is 2.83. The molecule has 0 spiro atoms. The van der Waals surface area contributed by atoms with Gasteiger partial charge in [-0.2, -0.15) is 0 Å². The van der Waals surface area contributed by atoms with E-state index in [0.717, 1.165) is 0 Å². The standard InChI is InChI=1S/C20H20N2O5/c1-25-11-9-22(13-19(23)26-2)20(24)15-12-17(18-8-5-10-27-18)21-16-7-4-3-6-14(15)16/h3-8,10,12H,9,11,13H2,1-2H3. The SMILES string of the molecule is COCCN(CC(=O)OC)C(=O)c1cc(-c2ccco2)nc2ccccc12. The van der Waals surface area contributed by atoms with Gasteiger partial charge < -0.3 is 18.8 Å². The number of carbonyl (C=O) groups is 2. The van der Waals surface area contributed by atoms with Crippen molar-refractivity contribution in [3.05, 3.63) is 54.3 Å². The average Bonchev–Trinajstić information content (AvgIpc) is 3.24. The number of fused-ring (bicyclic) bond motifs is 1. The lowest BCUT2D eigenvalue weighted by Crippen LogP contribution is -2.38. The highest BCUT2D eigenvalue weighted by Gasteiger charge is 2.22. The minimum atomic E-state index is -0.496. The number of rotatable bonds is 7. The largest absolute Gasteiger partial charge is 0.468 e. The molecule has 0 bridgehead atoms. The molecule has 0 atom stereocenters. The molecule has 3 rings (SSSR count). The lowest BCUT2D eigenvalue weighted by atomic mass is 10.1. The molecule has 0 aliphatic rings. The van der Waals surface area contributed by atoms with E-state index >= 15 is 0 Å². The first-order valence-corrected chi connectivity index (χ1v) is 8.42. The van der Waals surface area contributed by atoms with E-state index in [1.54, 1.807) is 24.5 Å². The van der Waals surface area contributed by atoms with Crippen LogP contribution in [0.15, 0.2) is 53.1 Å². The Bertz CT molecular complexity index is 937. The molecule has 0 aliphatic carbocycles. The van der Waals surface area contributed by atoms with Crippen LogP contribution in [0.4, 0.5) is 0 Å². The number of furan rings is 1. The van der Waals surface area contributed by atoms with Crippen molar-refractivity contribution in [1.29, 1.82) is 0 Å². The first kappa shape index (κ1) is 18.6. The lowest BCUT2D eigenvalue weighted by molar-refractivity contribution is -0.141. The highest BCUT2D eigenvalue weighted by molar-refractivity contribution is 6.07. The minimum absolute atomic E-state index is 0.161. The number of amides is 1. The molecule has 0 saturated heterocycles. The molecule has 0 radical (unpaired) electrons. The van der Waals surface area contributed by atoms with Gasteiger partial charge in [0, 0.05) is 19.0 Å². The van der Waals surface area contributed by atoms with Crippen LogP contribution in [-0.2, 0) is 14.3 Å². The third-order valence-electron chi connectivity index (χ3n) is 4.12. The van der Waals surface area contributed by atoms with Crippen LogP contribution in [0.3, 0.4) is 0 Å². The molecule has 1 aromatic carbocycles. The Hall–Kier alpha value is -3.19. The van der Waals surface area contributed by atoms with Crippen LogP contribution in [0.1, 0.15) is 10.4 Å². The Labute approximate surface area is 156 Å². The van der Waals surface area contributed by atoms with Gasteiger partial charge in [0.05, 0.1) is 31.1 Å². The van der Waals surface area contributed by atoms with Gasteiger partial charge in [-0.15, -0.1) is 0 Å². The van der Waals surface area contributed by atoms with Crippen molar-refractivity contribution in [2.45, 2.75) is 0 Å². The molecule has 1 amide bonds. The second kappa shape index (κ2) is 8.46. The predicted octanol–water partition coefficient (Wildman–Crippen LogP) is 2.76. The first-order chi connectivity index (χ1) is 13.1. The van der Waals surface area contributed by atoms with Crippen LogP contribution < -0.4 is 0 Å². The van der Waals surface area contributed by atoms with E-state index in [0.29, 0.717) is 34.5 Å². The summed E-state index contributed by atoms with van der Waals surface area (Å²) < 4.78 is 15.2. The van der Waals surface area contributed by atoms with Crippen LogP contribution in [0.5, 0.6) is 0 Å². The average molecular weight is 368 g/mol. The number of pyridine rings is 1. The molecule has 0 aliphatic heterocycles. The maximum Gasteiger partial charge on any atom is 0.325 e. The van der Waals surface area contributed by atoms with E-state index in [-0.39, 0.29) is 19.0 Å². The number of nitrogens with zero attached hydrogens (tertiary/aromatic N) is 2. The van der Waals surface area contributed by atoms with Gasteiger partial charge in [-0.05, 0) is 24.3 Å². The summed E-state index contributed by atoms with van der Waals surface area (Å²) in [4.78, 5) is 31.0. The third-order valence-corrected chi connectivity index (χ3v) is 4.12. The van der Waals surface area contributed by atoms with Gasteiger partial charge in [0.25, 0.3) is 5.91 Å². The minimum Gasteiger partial charge on any atom is -0.468 e. The Morgan fingerprint density at radius 2 is 1.96 bits per heavy atom. The second-order valence-electron chi connectivity index (χ2n) is 5.85. The number of hydrogen-bond donors (Lipinski definition) is 0. The third kappa shape index (κ3) is 4.15. The molecule has 3 aromatic rings. The Balaban J connectivity index is 2.06. The molecular weight excluding hydrogens is 348 g/mol. The van der Waals surface area contributed by atoms with Crippen LogP contribution in [0.25, 0.3) is 22.4 Å². The molecule has 140 valence electrons. The van der Waals surface area contributed by atoms with Crippen LogP contribution >= 0.6 is 0 Å². The van der Waals surface area contributed by atoms with Gasteiger partial charge in [0.1, 0.15) is 12.2 Å².